The Morgan fingerprint density at radius 2 is 2.07 bits per heavy atom. The number of benzene rings is 1. The summed E-state index contributed by atoms with van der Waals surface area (Å²) in [6.45, 7) is 13.1. The Labute approximate surface area is 249 Å². The van der Waals surface area contributed by atoms with Crippen LogP contribution in [0.25, 0.3) is 0 Å². The second-order valence-corrected chi connectivity index (χ2v) is 13.5. The zero-order chi connectivity index (χ0) is 29.7. The van der Waals surface area contributed by atoms with Crippen molar-refractivity contribution in [2.24, 2.45) is 11.1 Å². The molecule has 0 saturated carbocycles. The number of hydrogen-bond acceptors (Lipinski definition) is 9. The molecule has 0 radical (unpaired) electrons. The number of carbonyl (C=O) groups is 2. The summed E-state index contributed by atoms with van der Waals surface area (Å²) < 4.78 is 11.3. The number of rotatable bonds is 12. The van der Waals surface area contributed by atoms with E-state index < -0.39 is 6.04 Å². The third kappa shape index (κ3) is 7.24. The zero-order valence-corrected chi connectivity index (χ0v) is 26.2. The summed E-state index contributed by atoms with van der Waals surface area (Å²) >= 11 is 1.91. The maximum atomic E-state index is 11.7. The van der Waals surface area contributed by atoms with Crippen LogP contribution in [0.15, 0.2) is 36.5 Å². The predicted octanol–water partition coefficient (Wildman–Crippen LogP) is 5.27. The Hall–Kier alpha value is -2.62. The predicted molar refractivity (Wildman–Crippen MR) is 167 cm³/mol. The van der Waals surface area contributed by atoms with Crippen LogP contribution in [0.3, 0.4) is 0 Å². The van der Waals surface area contributed by atoms with Crippen molar-refractivity contribution in [3.05, 3.63) is 53.3 Å². The van der Waals surface area contributed by atoms with Crippen LogP contribution in [0.1, 0.15) is 82.3 Å². The van der Waals surface area contributed by atoms with Crippen molar-refractivity contribution in [1.29, 1.82) is 0 Å². The summed E-state index contributed by atoms with van der Waals surface area (Å²) in [4.78, 5) is 32.6. The van der Waals surface area contributed by atoms with Gasteiger partial charge in [-0.15, -0.1) is 0 Å². The lowest BCUT2D eigenvalue weighted by atomic mass is 9.76. The van der Waals surface area contributed by atoms with Gasteiger partial charge in [0, 0.05) is 68.2 Å². The molecule has 5 atom stereocenters. The van der Waals surface area contributed by atoms with Crippen molar-refractivity contribution in [1.82, 2.24) is 4.98 Å². The monoisotopic (exact) mass is 582 g/mol. The number of nitrogens with zero attached hydrogens (tertiary/aromatic N) is 3. The van der Waals surface area contributed by atoms with E-state index in [4.69, 9.17) is 20.2 Å². The van der Waals surface area contributed by atoms with Gasteiger partial charge < -0.3 is 29.8 Å². The van der Waals surface area contributed by atoms with E-state index in [-0.39, 0.29) is 29.4 Å². The third-order valence-corrected chi connectivity index (χ3v) is 9.59. The number of ether oxygens (including phenoxy) is 2. The number of esters is 1. The van der Waals surface area contributed by atoms with Gasteiger partial charge in [-0.05, 0) is 67.5 Å². The first-order chi connectivity index (χ1) is 19.6. The van der Waals surface area contributed by atoms with Gasteiger partial charge in [0.2, 0.25) is 0 Å². The number of aldehydes is 1. The Morgan fingerprint density at radius 3 is 2.76 bits per heavy atom. The molecule has 2 N–H and O–H groups in total. The van der Waals surface area contributed by atoms with E-state index >= 15 is 0 Å². The Balaban J connectivity index is 1.75. The Morgan fingerprint density at radius 1 is 1.29 bits per heavy atom. The van der Waals surface area contributed by atoms with Crippen molar-refractivity contribution in [2.45, 2.75) is 76.8 Å². The lowest BCUT2D eigenvalue weighted by Crippen LogP contribution is -2.40. The topological polar surface area (TPSA) is 98.0 Å². The number of anilines is 2. The molecule has 5 unspecified atom stereocenters. The quantitative estimate of drug-likeness (QED) is 0.265. The summed E-state index contributed by atoms with van der Waals surface area (Å²) in [6, 6.07) is 10.7. The minimum absolute atomic E-state index is 0.0680. The van der Waals surface area contributed by atoms with Crippen molar-refractivity contribution < 1.29 is 19.1 Å². The average Bonchev–Trinajstić information content (AvgIpc) is 3.27. The zero-order valence-electron chi connectivity index (χ0n) is 25.3. The molecule has 0 bridgehead atoms. The Bertz CT molecular complexity index is 1210. The molecule has 0 spiro atoms. The van der Waals surface area contributed by atoms with E-state index in [1.807, 2.05) is 30.9 Å². The van der Waals surface area contributed by atoms with E-state index in [1.165, 1.54) is 29.4 Å². The summed E-state index contributed by atoms with van der Waals surface area (Å²) in [7, 11) is 1.72. The first-order valence-electron chi connectivity index (χ1n) is 14.7. The Kier molecular flexibility index (Phi) is 10.4. The highest BCUT2D eigenvalue weighted by Gasteiger charge is 2.43. The third-order valence-electron chi connectivity index (χ3n) is 8.36. The van der Waals surface area contributed by atoms with Crippen LogP contribution in [0.4, 0.5) is 11.4 Å². The minimum Gasteiger partial charge on any atom is -0.465 e. The van der Waals surface area contributed by atoms with E-state index in [0.717, 1.165) is 43.8 Å². The maximum absolute atomic E-state index is 11.7. The lowest BCUT2D eigenvalue weighted by Gasteiger charge is -2.35. The van der Waals surface area contributed by atoms with Crippen LogP contribution in [-0.2, 0) is 19.1 Å². The average molecular weight is 583 g/mol. The summed E-state index contributed by atoms with van der Waals surface area (Å²) in [5, 5.41) is 0.323. The van der Waals surface area contributed by atoms with Crippen molar-refractivity contribution in [3.63, 3.8) is 0 Å². The molecule has 1 aromatic carbocycles. The van der Waals surface area contributed by atoms with E-state index in [0.29, 0.717) is 18.3 Å². The summed E-state index contributed by atoms with van der Waals surface area (Å²) in [5.41, 5.74) is 11.6. The molecule has 8 nitrogen and oxygen atoms in total. The number of fused-ring (bicyclic) bond motifs is 1. The second kappa shape index (κ2) is 13.6. The van der Waals surface area contributed by atoms with Crippen LogP contribution < -0.4 is 15.5 Å². The van der Waals surface area contributed by atoms with Gasteiger partial charge in [-0.25, -0.2) is 0 Å². The molecule has 1 fully saturated rings. The fourth-order valence-electron chi connectivity index (χ4n) is 6.35. The smallest absolute Gasteiger partial charge is 0.302 e. The van der Waals surface area contributed by atoms with Gasteiger partial charge in [0.15, 0.2) is 0 Å². The van der Waals surface area contributed by atoms with Crippen LogP contribution in [0.2, 0.25) is 0 Å². The SMILES string of the molecule is CCN1c2ccc(N3CCSC(CC(N)C=O)C3)cc2C(CC(C)(C)COC(C)=O)C1c1cccnc1C(C)OC. The minimum atomic E-state index is -0.418. The van der Waals surface area contributed by atoms with Gasteiger partial charge in [-0.1, -0.05) is 19.9 Å². The van der Waals surface area contributed by atoms with Crippen LogP contribution >= 0.6 is 11.8 Å². The second-order valence-electron chi connectivity index (χ2n) is 12.1. The number of hydrogen-bond donors (Lipinski definition) is 1. The number of methoxy groups -OCH3 is 1. The lowest BCUT2D eigenvalue weighted by molar-refractivity contribution is -0.144. The molecule has 3 heterocycles. The molecule has 2 aliphatic rings. The standard InChI is InChI=1S/C32H46N4O4S/c1-7-36-29-11-10-24(35-13-14-41-25(18-35)15-23(33)19-37)16-27(29)28(17-32(4,5)20-40-22(3)38)31(36)26-9-8-12-34-30(26)21(2)39-6/h8-12,16,19,21,23,25,28,31H,7,13-15,17-18,20,33H2,1-6H3. The van der Waals surface area contributed by atoms with Crippen LogP contribution in [-0.4, -0.2) is 67.6 Å². The fourth-order valence-corrected chi connectivity index (χ4v) is 7.65. The first kappa shape index (κ1) is 31.3. The molecular weight excluding hydrogens is 536 g/mol. The van der Waals surface area contributed by atoms with Crippen molar-refractivity contribution >= 4 is 35.4 Å². The number of aromatic nitrogens is 1. The van der Waals surface area contributed by atoms with Gasteiger partial charge in [-0.2, -0.15) is 11.8 Å². The van der Waals surface area contributed by atoms with E-state index in [2.05, 4.69) is 54.8 Å². The van der Waals surface area contributed by atoms with Crippen LogP contribution in [0.5, 0.6) is 0 Å². The number of thioether (sulfide) groups is 1. The van der Waals surface area contributed by atoms with Gasteiger partial charge >= 0.3 is 5.97 Å². The van der Waals surface area contributed by atoms with Gasteiger partial charge in [-0.3, -0.25) is 9.78 Å². The molecular formula is C32H46N4O4S. The summed E-state index contributed by atoms with van der Waals surface area (Å²) in [5.74, 6) is 0.902. The van der Waals surface area contributed by atoms with Gasteiger partial charge in [0.25, 0.3) is 0 Å². The molecule has 41 heavy (non-hydrogen) atoms. The molecule has 4 rings (SSSR count). The molecule has 0 amide bonds. The van der Waals surface area contributed by atoms with E-state index in [9.17, 15) is 9.59 Å². The number of nitrogens with two attached hydrogens (primary N) is 1. The molecule has 224 valence electrons. The largest absolute Gasteiger partial charge is 0.465 e. The molecule has 2 aromatic rings. The fraction of sp³-hybridized carbons (Fsp3) is 0.594. The molecule has 9 heteroatoms. The summed E-state index contributed by atoms with van der Waals surface area (Å²) in [6.07, 6.45) is 4.08. The number of carbonyl (C=O) groups excluding carboxylic acids is 2. The molecule has 2 aliphatic heterocycles. The highest BCUT2D eigenvalue weighted by molar-refractivity contribution is 8.00. The molecule has 0 aliphatic carbocycles. The molecule has 1 saturated heterocycles. The number of likely N-dealkylation sites (N-methyl/N-ethyl adjacent to an activating group) is 1. The van der Waals surface area contributed by atoms with Crippen molar-refractivity contribution in [2.75, 3.05) is 48.9 Å². The highest BCUT2D eigenvalue weighted by atomic mass is 32.2. The number of pyridine rings is 1. The van der Waals surface area contributed by atoms with Crippen LogP contribution in [0, 0.1) is 5.41 Å². The van der Waals surface area contributed by atoms with Crippen molar-refractivity contribution in [3.8, 4) is 0 Å². The first-order valence-corrected chi connectivity index (χ1v) is 15.7. The molecule has 1 aromatic heterocycles. The normalized spacial score (nSPS) is 22.3. The van der Waals surface area contributed by atoms with Gasteiger partial charge in [0.05, 0.1) is 30.5 Å². The van der Waals surface area contributed by atoms with E-state index in [1.54, 1.807) is 7.11 Å². The highest BCUT2D eigenvalue weighted by Crippen LogP contribution is 2.54. The maximum Gasteiger partial charge on any atom is 0.302 e. The van der Waals surface area contributed by atoms with Gasteiger partial charge in [0.1, 0.15) is 6.29 Å².